The van der Waals surface area contributed by atoms with Crippen LogP contribution in [0.15, 0.2) is 42.5 Å². The van der Waals surface area contributed by atoms with Crippen LogP contribution >= 0.6 is 11.6 Å². The average molecular weight is 468 g/mol. The summed E-state index contributed by atoms with van der Waals surface area (Å²) in [6, 6.07) is 13.2. The number of aromatic nitrogens is 2. The Morgan fingerprint density at radius 3 is 2.61 bits per heavy atom. The van der Waals surface area contributed by atoms with Gasteiger partial charge in [-0.3, -0.25) is 4.79 Å². The number of hydrogen-bond acceptors (Lipinski definition) is 6. The molecule has 3 aromatic rings. The molecule has 8 heteroatoms. The van der Waals surface area contributed by atoms with Gasteiger partial charge < -0.3 is 20.6 Å². The summed E-state index contributed by atoms with van der Waals surface area (Å²) in [5.74, 6) is 2.04. The number of aromatic hydroxyl groups is 1. The van der Waals surface area contributed by atoms with E-state index in [4.69, 9.17) is 21.6 Å². The number of halogens is 1. The summed E-state index contributed by atoms with van der Waals surface area (Å²) in [6.45, 7) is 0.675. The fourth-order valence-electron chi connectivity index (χ4n) is 4.33. The van der Waals surface area contributed by atoms with Crippen molar-refractivity contribution in [1.82, 2.24) is 15.3 Å². The molecule has 1 fully saturated rings. The van der Waals surface area contributed by atoms with Gasteiger partial charge in [-0.15, -0.1) is 0 Å². The molecule has 1 saturated carbocycles. The van der Waals surface area contributed by atoms with Crippen molar-refractivity contribution in [3.63, 3.8) is 0 Å². The summed E-state index contributed by atoms with van der Waals surface area (Å²) in [5, 5.41) is 17.4. The Kier molecular flexibility index (Phi) is 7.18. The maximum atomic E-state index is 12.3. The molecular weight excluding hydrogens is 438 g/mol. The number of phenolic OH excluding ortho intramolecular Hbond substituents is 1. The van der Waals surface area contributed by atoms with Crippen molar-refractivity contribution in [2.45, 2.75) is 38.1 Å². The SMILES string of the molecule is CN(C)c1nc(N[C@H]2CC[C@@H](CNC(=O)Cc3ccc(O)c(Cl)c3)CC2)nc2ccccc12. The molecule has 33 heavy (non-hydrogen) atoms. The number of amides is 1. The van der Waals surface area contributed by atoms with Crippen molar-refractivity contribution in [2.24, 2.45) is 5.92 Å². The van der Waals surface area contributed by atoms with Crippen LogP contribution in [0.25, 0.3) is 10.9 Å². The van der Waals surface area contributed by atoms with Gasteiger partial charge in [0, 0.05) is 32.1 Å². The van der Waals surface area contributed by atoms with Crippen molar-refractivity contribution in [3.05, 3.63) is 53.1 Å². The molecule has 2 aromatic carbocycles. The molecule has 1 aliphatic rings. The molecular formula is C25H30ClN5O2. The standard InChI is InChI=1S/C25H30ClN5O2/c1-31(2)24-19-5-3-4-6-21(19)29-25(30-24)28-18-10-7-16(8-11-18)15-27-23(33)14-17-9-12-22(32)20(26)13-17/h3-6,9,12-13,16,18,32H,7-8,10-11,14-15H2,1-2H3,(H,27,33)(H,28,29,30)/t16-,18+. The second-order valence-corrected chi connectivity index (χ2v) is 9.32. The molecule has 3 N–H and O–H groups in total. The van der Waals surface area contributed by atoms with Crippen LogP contribution in [0.2, 0.25) is 5.02 Å². The average Bonchev–Trinajstić information content (AvgIpc) is 2.80. The predicted molar refractivity (Wildman–Crippen MR) is 133 cm³/mol. The maximum Gasteiger partial charge on any atom is 0.225 e. The zero-order valence-electron chi connectivity index (χ0n) is 19.0. The van der Waals surface area contributed by atoms with Crippen LogP contribution in [-0.2, 0) is 11.2 Å². The minimum Gasteiger partial charge on any atom is -0.506 e. The summed E-state index contributed by atoms with van der Waals surface area (Å²) in [7, 11) is 3.99. The Hall–Kier alpha value is -3.06. The number of phenols is 1. The number of rotatable bonds is 7. The Balaban J connectivity index is 1.27. The van der Waals surface area contributed by atoms with E-state index in [0.717, 1.165) is 48.0 Å². The monoisotopic (exact) mass is 467 g/mol. The molecule has 0 aliphatic heterocycles. The van der Waals surface area contributed by atoms with Crippen molar-refractivity contribution < 1.29 is 9.90 Å². The fraction of sp³-hybridized carbons (Fsp3) is 0.400. The first kappa shape index (κ1) is 23.1. The highest BCUT2D eigenvalue weighted by atomic mass is 35.5. The molecule has 0 spiro atoms. The third-order valence-corrected chi connectivity index (χ3v) is 6.45. The van der Waals surface area contributed by atoms with E-state index in [1.807, 2.05) is 43.3 Å². The fourth-order valence-corrected chi connectivity index (χ4v) is 4.53. The maximum absolute atomic E-state index is 12.3. The summed E-state index contributed by atoms with van der Waals surface area (Å²) >= 11 is 5.92. The smallest absolute Gasteiger partial charge is 0.225 e. The Morgan fingerprint density at radius 2 is 1.88 bits per heavy atom. The number of anilines is 2. The molecule has 7 nitrogen and oxygen atoms in total. The third kappa shape index (κ3) is 5.85. The van der Waals surface area contributed by atoms with Gasteiger partial charge in [0.2, 0.25) is 11.9 Å². The number of nitrogens with one attached hydrogen (secondary N) is 2. The van der Waals surface area contributed by atoms with Gasteiger partial charge in [0.05, 0.1) is 17.0 Å². The number of carbonyl (C=O) groups excluding carboxylic acids is 1. The molecule has 1 amide bonds. The third-order valence-electron chi connectivity index (χ3n) is 6.15. The van der Waals surface area contributed by atoms with E-state index >= 15 is 0 Å². The quantitative estimate of drug-likeness (QED) is 0.477. The first-order chi connectivity index (χ1) is 15.9. The molecule has 0 saturated heterocycles. The molecule has 174 valence electrons. The first-order valence-corrected chi connectivity index (χ1v) is 11.7. The van der Waals surface area contributed by atoms with Crippen LogP contribution in [0.3, 0.4) is 0 Å². The van der Waals surface area contributed by atoms with Gasteiger partial charge in [0.15, 0.2) is 0 Å². The second-order valence-electron chi connectivity index (χ2n) is 8.91. The number of fused-ring (bicyclic) bond motifs is 1. The minimum atomic E-state index is -0.0298. The topological polar surface area (TPSA) is 90.4 Å². The summed E-state index contributed by atoms with van der Waals surface area (Å²) in [5.41, 5.74) is 1.72. The van der Waals surface area contributed by atoms with E-state index in [9.17, 15) is 9.90 Å². The van der Waals surface area contributed by atoms with Gasteiger partial charge in [0.25, 0.3) is 0 Å². The van der Waals surface area contributed by atoms with E-state index in [1.54, 1.807) is 12.1 Å². The summed E-state index contributed by atoms with van der Waals surface area (Å²) in [4.78, 5) is 23.8. The molecule has 0 atom stereocenters. The van der Waals surface area contributed by atoms with E-state index in [2.05, 4.69) is 10.6 Å². The van der Waals surface area contributed by atoms with Crippen LogP contribution in [0.5, 0.6) is 5.75 Å². The zero-order chi connectivity index (χ0) is 23.4. The van der Waals surface area contributed by atoms with Gasteiger partial charge in [-0.1, -0.05) is 29.8 Å². The second kappa shape index (κ2) is 10.3. The van der Waals surface area contributed by atoms with Crippen LogP contribution in [0.4, 0.5) is 11.8 Å². The minimum absolute atomic E-state index is 0.0261. The Bertz CT molecular complexity index is 1130. The molecule has 0 radical (unpaired) electrons. The number of carbonyl (C=O) groups is 1. The lowest BCUT2D eigenvalue weighted by atomic mass is 9.86. The lowest BCUT2D eigenvalue weighted by Crippen LogP contribution is -2.34. The van der Waals surface area contributed by atoms with E-state index in [-0.39, 0.29) is 23.1 Å². The molecule has 1 aliphatic carbocycles. The van der Waals surface area contributed by atoms with Gasteiger partial charge in [-0.2, -0.15) is 4.98 Å². The predicted octanol–water partition coefficient (Wildman–Crippen LogP) is 4.38. The molecule has 1 aromatic heterocycles. The lowest BCUT2D eigenvalue weighted by Gasteiger charge is -2.29. The zero-order valence-corrected chi connectivity index (χ0v) is 19.8. The van der Waals surface area contributed by atoms with Crippen molar-refractivity contribution >= 4 is 40.2 Å². The van der Waals surface area contributed by atoms with Crippen molar-refractivity contribution in [3.8, 4) is 5.75 Å². The molecule has 0 unspecified atom stereocenters. The van der Waals surface area contributed by atoms with E-state index < -0.39 is 0 Å². The van der Waals surface area contributed by atoms with Gasteiger partial charge in [-0.25, -0.2) is 4.98 Å². The number of para-hydroxylation sites is 1. The van der Waals surface area contributed by atoms with Crippen LogP contribution in [0.1, 0.15) is 31.2 Å². The summed E-state index contributed by atoms with van der Waals surface area (Å²) < 4.78 is 0. The molecule has 0 bridgehead atoms. The van der Waals surface area contributed by atoms with Crippen molar-refractivity contribution in [1.29, 1.82) is 0 Å². The van der Waals surface area contributed by atoms with E-state index in [1.165, 1.54) is 6.07 Å². The highest BCUT2D eigenvalue weighted by Gasteiger charge is 2.23. The first-order valence-electron chi connectivity index (χ1n) is 11.3. The van der Waals surface area contributed by atoms with Gasteiger partial charge in [-0.05, 0) is 61.4 Å². The Morgan fingerprint density at radius 1 is 1.12 bits per heavy atom. The van der Waals surface area contributed by atoms with E-state index in [0.29, 0.717) is 24.5 Å². The van der Waals surface area contributed by atoms with Crippen LogP contribution < -0.4 is 15.5 Å². The normalized spacial score (nSPS) is 18.2. The summed E-state index contributed by atoms with van der Waals surface area (Å²) in [6.07, 6.45) is 4.36. The van der Waals surface area contributed by atoms with Crippen LogP contribution in [0, 0.1) is 5.92 Å². The number of benzene rings is 2. The lowest BCUT2D eigenvalue weighted by molar-refractivity contribution is -0.120. The number of hydrogen-bond donors (Lipinski definition) is 3. The molecule has 1 heterocycles. The van der Waals surface area contributed by atoms with Gasteiger partial charge >= 0.3 is 0 Å². The largest absolute Gasteiger partial charge is 0.506 e. The highest BCUT2D eigenvalue weighted by Crippen LogP contribution is 2.28. The van der Waals surface area contributed by atoms with Crippen molar-refractivity contribution in [2.75, 3.05) is 30.9 Å². The van der Waals surface area contributed by atoms with Crippen LogP contribution in [-0.4, -0.2) is 47.7 Å². The Labute approximate surface area is 199 Å². The molecule has 4 rings (SSSR count). The van der Waals surface area contributed by atoms with Gasteiger partial charge in [0.1, 0.15) is 11.6 Å². The highest BCUT2D eigenvalue weighted by molar-refractivity contribution is 6.32. The number of nitrogens with zero attached hydrogens (tertiary/aromatic N) is 3.